The summed E-state index contributed by atoms with van der Waals surface area (Å²) in [6.07, 6.45) is 2.45. The average molecular weight is 212 g/mol. The molecule has 2 rings (SSSR count). The third-order valence-electron chi connectivity index (χ3n) is 3.91. The molecule has 2 fully saturated rings. The van der Waals surface area contributed by atoms with Gasteiger partial charge in [0, 0.05) is 18.7 Å². The molecule has 2 heterocycles. The second-order valence-corrected chi connectivity index (χ2v) is 5.49. The fourth-order valence-corrected chi connectivity index (χ4v) is 2.59. The van der Waals surface area contributed by atoms with Crippen LogP contribution in [0.5, 0.6) is 0 Å². The van der Waals surface area contributed by atoms with Crippen molar-refractivity contribution >= 4 is 0 Å². The summed E-state index contributed by atoms with van der Waals surface area (Å²) in [5, 5.41) is 7.16. The highest BCUT2D eigenvalue weighted by atomic mass is 16.5. The summed E-state index contributed by atoms with van der Waals surface area (Å²) in [4.78, 5) is 0. The Bertz CT molecular complexity index is 202. The van der Waals surface area contributed by atoms with Crippen molar-refractivity contribution in [3.63, 3.8) is 0 Å². The zero-order valence-electron chi connectivity index (χ0n) is 10.0. The molecule has 2 N–H and O–H groups in total. The lowest BCUT2D eigenvalue weighted by Crippen LogP contribution is -2.51. The molecule has 2 saturated heterocycles. The number of hydrogen-bond acceptors (Lipinski definition) is 3. The average Bonchev–Trinajstić information content (AvgIpc) is 2.62. The van der Waals surface area contributed by atoms with Crippen molar-refractivity contribution in [1.29, 1.82) is 0 Å². The van der Waals surface area contributed by atoms with Gasteiger partial charge in [0.1, 0.15) is 0 Å². The monoisotopic (exact) mass is 212 g/mol. The van der Waals surface area contributed by atoms with Gasteiger partial charge in [-0.15, -0.1) is 0 Å². The Morgan fingerprint density at radius 2 is 2.33 bits per heavy atom. The number of ether oxygens (including phenoxy) is 1. The van der Waals surface area contributed by atoms with Crippen LogP contribution in [0.25, 0.3) is 0 Å². The maximum atomic E-state index is 5.55. The van der Waals surface area contributed by atoms with Gasteiger partial charge in [0.2, 0.25) is 0 Å². The van der Waals surface area contributed by atoms with Crippen LogP contribution in [0.15, 0.2) is 0 Å². The van der Waals surface area contributed by atoms with E-state index < -0.39 is 0 Å². The van der Waals surface area contributed by atoms with Gasteiger partial charge in [-0.25, -0.2) is 0 Å². The van der Waals surface area contributed by atoms with E-state index in [4.69, 9.17) is 4.74 Å². The molecule has 3 nitrogen and oxygen atoms in total. The molecule has 0 amide bonds. The molecule has 15 heavy (non-hydrogen) atoms. The van der Waals surface area contributed by atoms with E-state index in [9.17, 15) is 0 Å². The van der Waals surface area contributed by atoms with Gasteiger partial charge in [0.15, 0.2) is 0 Å². The van der Waals surface area contributed by atoms with E-state index in [0.717, 1.165) is 31.6 Å². The van der Waals surface area contributed by atoms with Crippen LogP contribution in [0.3, 0.4) is 0 Å². The molecule has 0 aliphatic carbocycles. The lowest BCUT2D eigenvalue weighted by atomic mass is 9.92. The summed E-state index contributed by atoms with van der Waals surface area (Å²) in [7, 11) is 0. The third-order valence-corrected chi connectivity index (χ3v) is 3.91. The normalized spacial score (nSPS) is 42.0. The fraction of sp³-hybridized carbons (Fsp3) is 1.00. The van der Waals surface area contributed by atoms with Crippen LogP contribution in [-0.4, -0.2) is 38.4 Å². The van der Waals surface area contributed by atoms with Gasteiger partial charge < -0.3 is 15.4 Å². The molecule has 3 heteroatoms. The Hall–Kier alpha value is -0.120. The summed E-state index contributed by atoms with van der Waals surface area (Å²) in [6.45, 7) is 9.93. The van der Waals surface area contributed by atoms with Gasteiger partial charge in [-0.05, 0) is 44.7 Å². The molecule has 3 atom stereocenters. The van der Waals surface area contributed by atoms with E-state index in [1.165, 1.54) is 25.9 Å². The summed E-state index contributed by atoms with van der Waals surface area (Å²) in [6, 6.07) is 0. The number of nitrogens with one attached hydrogen (secondary N) is 2. The molecule has 0 aromatic heterocycles. The van der Waals surface area contributed by atoms with Crippen molar-refractivity contribution in [3.8, 4) is 0 Å². The van der Waals surface area contributed by atoms with Gasteiger partial charge in [-0.2, -0.15) is 0 Å². The second-order valence-electron chi connectivity index (χ2n) is 5.49. The molecule has 0 bridgehead atoms. The van der Waals surface area contributed by atoms with Gasteiger partial charge in [0.25, 0.3) is 0 Å². The Labute approximate surface area is 93.0 Å². The second kappa shape index (κ2) is 4.81. The summed E-state index contributed by atoms with van der Waals surface area (Å²) in [5.74, 6) is 1.61. The zero-order valence-corrected chi connectivity index (χ0v) is 10.0. The lowest BCUT2D eigenvalue weighted by molar-refractivity contribution is 0.0265. The lowest BCUT2D eigenvalue weighted by Gasteiger charge is -2.35. The Kier molecular flexibility index (Phi) is 3.65. The molecule has 88 valence electrons. The molecule has 0 aromatic rings. The van der Waals surface area contributed by atoms with Crippen LogP contribution in [0, 0.1) is 11.8 Å². The van der Waals surface area contributed by atoms with Crippen LogP contribution >= 0.6 is 0 Å². The molecule has 0 aromatic carbocycles. The first-order chi connectivity index (χ1) is 7.20. The quantitative estimate of drug-likeness (QED) is 0.732. The standard InChI is InChI=1S/C12H24N2O/c1-10-6-13-7-11(10)8-14-12(2)4-3-5-15-9-12/h10-11,13-14H,3-9H2,1-2H3. The van der Waals surface area contributed by atoms with E-state index in [-0.39, 0.29) is 5.54 Å². The van der Waals surface area contributed by atoms with E-state index in [2.05, 4.69) is 24.5 Å². The van der Waals surface area contributed by atoms with Crippen molar-refractivity contribution in [2.75, 3.05) is 32.8 Å². The van der Waals surface area contributed by atoms with Gasteiger partial charge in [-0.3, -0.25) is 0 Å². The van der Waals surface area contributed by atoms with E-state index in [1.54, 1.807) is 0 Å². The van der Waals surface area contributed by atoms with E-state index in [0.29, 0.717) is 0 Å². The molecule has 0 saturated carbocycles. The summed E-state index contributed by atoms with van der Waals surface area (Å²) >= 11 is 0. The predicted molar refractivity (Wildman–Crippen MR) is 62.0 cm³/mol. The highest BCUT2D eigenvalue weighted by Gasteiger charge is 2.30. The van der Waals surface area contributed by atoms with Gasteiger partial charge in [-0.1, -0.05) is 6.92 Å². The molecule has 3 unspecified atom stereocenters. The first kappa shape index (κ1) is 11.4. The molecule has 2 aliphatic heterocycles. The van der Waals surface area contributed by atoms with E-state index in [1.807, 2.05) is 0 Å². The van der Waals surface area contributed by atoms with Crippen molar-refractivity contribution in [2.24, 2.45) is 11.8 Å². The smallest absolute Gasteiger partial charge is 0.0645 e. The summed E-state index contributed by atoms with van der Waals surface area (Å²) < 4.78 is 5.55. The first-order valence-electron chi connectivity index (χ1n) is 6.23. The van der Waals surface area contributed by atoms with Crippen molar-refractivity contribution in [1.82, 2.24) is 10.6 Å². The van der Waals surface area contributed by atoms with Crippen LogP contribution in [-0.2, 0) is 4.74 Å². The minimum absolute atomic E-state index is 0.223. The fourth-order valence-electron chi connectivity index (χ4n) is 2.59. The largest absolute Gasteiger partial charge is 0.380 e. The van der Waals surface area contributed by atoms with Crippen LogP contribution in [0.4, 0.5) is 0 Å². The maximum absolute atomic E-state index is 5.55. The van der Waals surface area contributed by atoms with Gasteiger partial charge >= 0.3 is 0 Å². The van der Waals surface area contributed by atoms with Crippen molar-refractivity contribution in [2.45, 2.75) is 32.2 Å². The highest BCUT2D eigenvalue weighted by molar-refractivity contribution is 4.88. The predicted octanol–water partition coefficient (Wildman–Crippen LogP) is 1.00. The Balaban J connectivity index is 1.76. The van der Waals surface area contributed by atoms with Crippen molar-refractivity contribution in [3.05, 3.63) is 0 Å². The number of rotatable bonds is 3. The SMILES string of the molecule is CC1CNCC1CNC1(C)CCCOC1. The molecule has 0 radical (unpaired) electrons. The van der Waals surface area contributed by atoms with Crippen molar-refractivity contribution < 1.29 is 4.74 Å². The topological polar surface area (TPSA) is 33.3 Å². The molecular weight excluding hydrogens is 188 g/mol. The first-order valence-corrected chi connectivity index (χ1v) is 6.23. The molecule has 2 aliphatic rings. The minimum atomic E-state index is 0.223. The maximum Gasteiger partial charge on any atom is 0.0645 e. The third kappa shape index (κ3) is 2.92. The Morgan fingerprint density at radius 3 is 2.93 bits per heavy atom. The Morgan fingerprint density at radius 1 is 1.47 bits per heavy atom. The highest BCUT2D eigenvalue weighted by Crippen LogP contribution is 2.20. The number of hydrogen-bond donors (Lipinski definition) is 2. The summed E-state index contributed by atoms with van der Waals surface area (Å²) in [5.41, 5.74) is 0.223. The molecular formula is C12H24N2O. The van der Waals surface area contributed by atoms with Crippen LogP contribution in [0.2, 0.25) is 0 Å². The van der Waals surface area contributed by atoms with E-state index >= 15 is 0 Å². The molecule has 0 spiro atoms. The minimum Gasteiger partial charge on any atom is -0.380 e. The van der Waals surface area contributed by atoms with Crippen LogP contribution < -0.4 is 10.6 Å². The van der Waals surface area contributed by atoms with Gasteiger partial charge in [0.05, 0.1) is 6.61 Å². The van der Waals surface area contributed by atoms with Crippen LogP contribution in [0.1, 0.15) is 26.7 Å². The zero-order chi connectivity index (χ0) is 10.7.